The first-order valence-electron chi connectivity index (χ1n) is 10.4. The summed E-state index contributed by atoms with van der Waals surface area (Å²) in [6.45, 7) is 0.0556. The number of carboxylic acids is 1. The summed E-state index contributed by atoms with van der Waals surface area (Å²) in [5, 5.41) is 44.6. The number of aliphatic hydroxyl groups is 3. The van der Waals surface area contributed by atoms with Gasteiger partial charge in [-0.15, -0.1) is 0 Å². The molecule has 0 spiro atoms. The zero-order chi connectivity index (χ0) is 25.1. The number of aliphatic hydroxyl groups excluding tert-OH is 3. The maximum absolute atomic E-state index is 11.4. The topological polar surface area (TPSA) is 156 Å². The number of ether oxygens (including phenoxy) is 3. The van der Waals surface area contributed by atoms with E-state index >= 15 is 0 Å². The Balaban J connectivity index is 1.59. The third-order valence-electron chi connectivity index (χ3n) is 5.30. The smallest absolute Gasteiger partial charge is 0.335 e. The van der Waals surface area contributed by atoms with Crippen molar-refractivity contribution in [2.24, 2.45) is 0 Å². The lowest BCUT2D eigenvalue weighted by molar-refractivity contribution is -0.306. The van der Waals surface area contributed by atoms with Crippen molar-refractivity contribution in [2.45, 2.75) is 43.4 Å². The molecule has 0 radical (unpaired) electrons. The summed E-state index contributed by atoms with van der Waals surface area (Å²) < 4.78 is 18.4. The predicted molar refractivity (Wildman–Crippen MR) is 121 cm³/mol. The Morgan fingerprint density at radius 3 is 2.40 bits per heavy atom. The van der Waals surface area contributed by atoms with Crippen molar-refractivity contribution < 1.29 is 39.4 Å². The van der Waals surface area contributed by atoms with Crippen LogP contribution < -0.4 is 4.74 Å². The van der Waals surface area contributed by atoms with Crippen LogP contribution in [0.2, 0.25) is 10.0 Å². The highest BCUT2D eigenvalue weighted by atomic mass is 35.5. The quantitative estimate of drug-likeness (QED) is 0.343. The molecule has 0 saturated carbocycles. The van der Waals surface area contributed by atoms with Crippen molar-refractivity contribution in [3.63, 3.8) is 0 Å². The maximum atomic E-state index is 11.4. The summed E-state index contributed by atoms with van der Waals surface area (Å²) >= 11 is 12.4. The van der Waals surface area contributed by atoms with Gasteiger partial charge in [-0.05, 0) is 36.4 Å². The molecule has 0 bridgehead atoms. The van der Waals surface area contributed by atoms with Gasteiger partial charge in [-0.3, -0.25) is 4.68 Å². The molecule has 13 heteroatoms. The van der Waals surface area contributed by atoms with Gasteiger partial charge in [0.2, 0.25) is 0 Å². The van der Waals surface area contributed by atoms with Gasteiger partial charge in [0, 0.05) is 10.6 Å². The van der Waals surface area contributed by atoms with E-state index in [0.29, 0.717) is 22.1 Å². The molecule has 186 valence electrons. The van der Waals surface area contributed by atoms with E-state index in [0.717, 1.165) is 0 Å². The number of nitrogens with zero attached hydrogens (tertiary/aromatic N) is 3. The molecule has 6 atom stereocenters. The maximum Gasteiger partial charge on any atom is 0.335 e. The lowest BCUT2D eigenvalue weighted by Crippen LogP contribution is -2.60. The first-order chi connectivity index (χ1) is 16.7. The van der Waals surface area contributed by atoms with Crippen LogP contribution in [-0.2, 0) is 20.8 Å². The van der Waals surface area contributed by atoms with Crippen LogP contribution in [0.1, 0.15) is 11.7 Å². The summed E-state index contributed by atoms with van der Waals surface area (Å²) in [6.07, 6.45) is -6.97. The van der Waals surface area contributed by atoms with Crippen molar-refractivity contribution >= 4 is 29.2 Å². The fourth-order valence-electron chi connectivity index (χ4n) is 3.51. The second kappa shape index (κ2) is 10.9. The van der Waals surface area contributed by atoms with Crippen LogP contribution >= 0.6 is 23.2 Å². The minimum absolute atomic E-state index is 0.0556. The Morgan fingerprint density at radius 2 is 1.77 bits per heavy atom. The fourth-order valence-corrected chi connectivity index (χ4v) is 3.93. The van der Waals surface area contributed by atoms with Gasteiger partial charge < -0.3 is 34.6 Å². The molecule has 0 amide bonds. The van der Waals surface area contributed by atoms with E-state index in [-0.39, 0.29) is 11.6 Å². The number of carboxylic acid groups (broad SMARTS) is 1. The number of halogens is 2. The fraction of sp³-hybridized carbons (Fsp3) is 0.318. The SMILES string of the molecule is O=C(O)[C@H]1O[C@@H](OC(Cn2cncn2)c2ccc(Oc3ccc(Cl)cc3)cc2Cl)[C@H](O)[C@@H](O)[C@@H]1O. The molecule has 1 aliphatic heterocycles. The summed E-state index contributed by atoms with van der Waals surface area (Å²) in [5.74, 6) is -0.551. The Labute approximate surface area is 209 Å². The van der Waals surface area contributed by atoms with Gasteiger partial charge in [-0.2, -0.15) is 5.10 Å². The largest absolute Gasteiger partial charge is 0.479 e. The van der Waals surface area contributed by atoms with Crippen LogP contribution in [-0.4, -0.2) is 71.9 Å². The van der Waals surface area contributed by atoms with Crippen molar-refractivity contribution in [1.82, 2.24) is 14.8 Å². The van der Waals surface area contributed by atoms with Crippen LogP contribution in [0.4, 0.5) is 0 Å². The molecule has 2 aromatic carbocycles. The molecule has 1 saturated heterocycles. The van der Waals surface area contributed by atoms with E-state index in [1.165, 1.54) is 17.3 Å². The van der Waals surface area contributed by atoms with Crippen LogP contribution in [0.3, 0.4) is 0 Å². The summed E-state index contributed by atoms with van der Waals surface area (Å²) in [5.41, 5.74) is 0.439. The first kappa shape index (κ1) is 25.3. The standard InChI is InChI=1S/C22H21Cl2N3O8/c23-11-1-3-12(4-2-11)33-13-5-6-14(15(24)7-13)16(8-27-10-25-9-26-27)34-22-19(30)17(28)18(29)20(35-22)21(31)32/h1-7,9-10,16-20,22,28-30H,8H2,(H,31,32)/t16?,17-,18-,19+,20-,22+/m0/s1. The van der Waals surface area contributed by atoms with Gasteiger partial charge in [0.05, 0.1) is 11.6 Å². The minimum Gasteiger partial charge on any atom is -0.479 e. The van der Waals surface area contributed by atoms with Crippen molar-refractivity contribution in [1.29, 1.82) is 0 Å². The highest BCUT2D eigenvalue weighted by molar-refractivity contribution is 6.31. The molecule has 3 aromatic rings. The van der Waals surface area contributed by atoms with Gasteiger partial charge >= 0.3 is 5.97 Å². The highest BCUT2D eigenvalue weighted by Crippen LogP contribution is 2.35. The zero-order valence-corrected chi connectivity index (χ0v) is 19.4. The van der Waals surface area contributed by atoms with Gasteiger partial charge in [0.1, 0.15) is 48.6 Å². The number of aliphatic carboxylic acids is 1. The number of carbonyl (C=O) groups is 1. The monoisotopic (exact) mass is 525 g/mol. The molecule has 35 heavy (non-hydrogen) atoms. The average Bonchev–Trinajstić information content (AvgIpc) is 3.33. The molecular formula is C22H21Cl2N3O8. The van der Waals surface area contributed by atoms with Crippen molar-refractivity contribution in [3.8, 4) is 11.5 Å². The van der Waals surface area contributed by atoms with E-state index in [4.69, 9.17) is 37.4 Å². The van der Waals surface area contributed by atoms with Gasteiger partial charge in [-0.25, -0.2) is 9.78 Å². The Kier molecular flexibility index (Phi) is 7.87. The molecule has 1 aromatic heterocycles. The van der Waals surface area contributed by atoms with E-state index in [9.17, 15) is 25.2 Å². The van der Waals surface area contributed by atoms with Crippen molar-refractivity contribution in [3.05, 3.63) is 70.7 Å². The summed E-state index contributed by atoms with van der Waals surface area (Å²) in [7, 11) is 0. The average molecular weight is 526 g/mol. The highest BCUT2D eigenvalue weighted by Gasteiger charge is 2.48. The number of rotatable bonds is 8. The lowest BCUT2D eigenvalue weighted by atomic mass is 9.98. The molecule has 4 rings (SSSR count). The number of aromatic nitrogens is 3. The molecule has 1 unspecified atom stereocenters. The van der Waals surface area contributed by atoms with Gasteiger partial charge in [0.25, 0.3) is 0 Å². The third kappa shape index (κ3) is 5.90. The number of hydrogen-bond donors (Lipinski definition) is 4. The summed E-state index contributed by atoms with van der Waals surface area (Å²) in [6, 6.07) is 11.6. The second-order valence-electron chi connectivity index (χ2n) is 7.72. The minimum atomic E-state index is -1.84. The molecule has 4 N–H and O–H groups in total. The van der Waals surface area contributed by atoms with Gasteiger partial charge in [0.15, 0.2) is 12.4 Å². The normalized spacial score (nSPS) is 25.2. The van der Waals surface area contributed by atoms with Gasteiger partial charge in [-0.1, -0.05) is 29.3 Å². The Bertz CT molecular complexity index is 1150. The molecule has 2 heterocycles. The predicted octanol–water partition coefficient (Wildman–Crippen LogP) is 2.03. The summed E-state index contributed by atoms with van der Waals surface area (Å²) in [4.78, 5) is 15.3. The lowest BCUT2D eigenvalue weighted by Gasteiger charge is -2.39. The second-order valence-corrected chi connectivity index (χ2v) is 8.56. The first-order valence-corrected chi connectivity index (χ1v) is 11.1. The Hall–Kier alpha value is -2.77. The van der Waals surface area contributed by atoms with E-state index in [1.54, 1.807) is 42.5 Å². The molecule has 0 aliphatic carbocycles. The van der Waals surface area contributed by atoms with Crippen LogP contribution in [0.25, 0.3) is 0 Å². The van der Waals surface area contributed by atoms with E-state index in [1.807, 2.05) is 0 Å². The van der Waals surface area contributed by atoms with Crippen molar-refractivity contribution in [2.75, 3.05) is 0 Å². The van der Waals surface area contributed by atoms with Crippen LogP contribution in [0.5, 0.6) is 11.5 Å². The Morgan fingerprint density at radius 1 is 1.06 bits per heavy atom. The van der Waals surface area contributed by atoms with Crippen LogP contribution in [0, 0.1) is 0 Å². The number of benzene rings is 2. The molecule has 1 fully saturated rings. The number of hydrogen-bond acceptors (Lipinski definition) is 9. The van der Waals surface area contributed by atoms with E-state index < -0.39 is 42.8 Å². The third-order valence-corrected chi connectivity index (χ3v) is 5.88. The molecular weight excluding hydrogens is 505 g/mol. The molecule has 1 aliphatic rings. The zero-order valence-electron chi connectivity index (χ0n) is 17.9. The van der Waals surface area contributed by atoms with Crippen LogP contribution in [0.15, 0.2) is 55.1 Å². The van der Waals surface area contributed by atoms with E-state index in [2.05, 4.69) is 10.1 Å². The molecule has 11 nitrogen and oxygen atoms in total.